The van der Waals surface area contributed by atoms with Crippen LogP contribution >= 0.6 is 0 Å². The fourth-order valence-corrected chi connectivity index (χ4v) is 1.37. The van der Waals surface area contributed by atoms with Gasteiger partial charge in [-0.15, -0.1) is 0 Å². The molecule has 0 fully saturated rings. The summed E-state index contributed by atoms with van der Waals surface area (Å²) in [5, 5.41) is 12.7. The van der Waals surface area contributed by atoms with Crippen molar-refractivity contribution in [2.75, 3.05) is 13.7 Å². The molecule has 0 saturated carbocycles. The Morgan fingerprint density at radius 2 is 2.24 bits per heavy atom. The van der Waals surface area contributed by atoms with Crippen molar-refractivity contribution in [3.8, 4) is 0 Å². The number of aromatic nitrogens is 1. The number of esters is 1. The van der Waals surface area contributed by atoms with E-state index in [1.165, 1.54) is 7.11 Å². The summed E-state index contributed by atoms with van der Waals surface area (Å²) < 4.78 is 4.50. The van der Waals surface area contributed by atoms with Crippen molar-refractivity contribution in [2.24, 2.45) is 0 Å². The largest absolute Gasteiger partial charge is 0.469 e. The molecule has 0 aromatic carbocycles. The Morgan fingerprint density at radius 3 is 2.88 bits per heavy atom. The summed E-state index contributed by atoms with van der Waals surface area (Å²) in [6.45, 7) is 1.14. The maximum absolute atomic E-state index is 10.9. The highest BCUT2D eigenvalue weighted by Crippen LogP contribution is 1.99. The van der Waals surface area contributed by atoms with Gasteiger partial charge in [-0.3, -0.25) is 9.78 Å². The van der Waals surface area contributed by atoms with E-state index in [9.17, 15) is 9.90 Å². The first-order chi connectivity index (χ1) is 8.22. The first-order valence-electron chi connectivity index (χ1n) is 5.57. The van der Waals surface area contributed by atoms with Crippen LogP contribution in [0, 0.1) is 0 Å². The number of methoxy groups -OCH3 is 1. The van der Waals surface area contributed by atoms with Gasteiger partial charge in [0.1, 0.15) is 0 Å². The molecule has 1 aromatic rings. The molecule has 0 aliphatic heterocycles. The van der Waals surface area contributed by atoms with Gasteiger partial charge in [0.2, 0.25) is 0 Å². The van der Waals surface area contributed by atoms with Gasteiger partial charge < -0.3 is 15.2 Å². The Hall–Kier alpha value is -1.46. The van der Waals surface area contributed by atoms with Crippen molar-refractivity contribution >= 4 is 5.97 Å². The van der Waals surface area contributed by atoms with E-state index in [0.717, 1.165) is 5.56 Å². The molecule has 0 aliphatic carbocycles. The molecule has 0 bridgehead atoms. The van der Waals surface area contributed by atoms with Crippen molar-refractivity contribution in [2.45, 2.75) is 25.5 Å². The van der Waals surface area contributed by atoms with E-state index in [2.05, 4.69) is 15.0 Å². The van der Waals surface area contributed by atoms with Crippen LogP contribution in [0.3, 0.4) is 0 Å². The molecular formula is C12H18N2O3. The van der Waals surface area contributed by atoms with E-state index in [1.54, 1.807) is 12.4 Å². The number of aliphatic hydroxyl groups excluding tert-OH is 1. The van der Waals surface area contributed by atoms with Gasteiger partial charge in [-0.2, -0.15) is 0 Å². The highest BCUT2D eigenvalue weighted by Gasteiger charge is 2.07. The molecule has 94 valence electrons. The molecule has 1 heterocycles. The van der Waals surface area contributed by atoms with E-state index in [4.69, 9.17) is 0 Å². The third-order valence-corrected chi connectivity index (χ3v) is 2.37. The lowest BCUT2D eigenvalue weighted by atomic mass is 10.2. The zero-order chi connectivity index (χ0) is 12.5. The summed E-state index contributed by atoms with van der Waals surface area (Å²) in [6, 6.07) is 3.82. The molecule has 2 N–H and O–H groups in total. The van der Waals surface area contributed by atoms with Gasteiger partial charge in [0.25, 0.3) is 0 Å². The molecule has 0 aliphatic rings. The number of hydrogen-bond donors (Lipinski definition) is 2. The number of pyridine rings is 1. The van der Waals surface area contributed by atoms with E-state index < -0.39 is 6.10 Å². The second-order valence-corrected chi connectivity index (χ2v) is 3.75. The second-order valence-electron chi connectivity index (χ2n) is 3.75. The van der Waals surface area contributed by atoms with Crippen LogP contribution in [0.25, 0.3) is 0 Å². The van der Waals surface area contributed by atoms with Crippen LogP contribution in [-0.2, 0) is 16.1 Å². The normalized spacial score (nSPS) is 12.1. The van der Waals surface area contributed by atoms with E-state index in [-0.39, 0.29) is 12.4 Å². The summed E-state index contributed by atoms with van der Waals surface area (Å²) >= 11 is 0. The van der Waals surface area contributed by atoms with E-state index >= 15 is 0 Å². The van der Waals surface area contributed by atoms with Gasteiger partial charge in [0.05, 0.1) is 13.2 Å². The zero-order valence-electron chi connectivity index (χ0n) is 9.93. The minimum Gasteiger partial charge on any atom is -0.469 e. The summed E-state index contributed by atoms with van der Waals surface area (Å²) in [6.07, 6.45) is 3.58. The fourth-order valence-electron chi connectivity index (χ4n) is 1.37. The Labute approximate surface area is 101 Å². The molecule has 0 radical (unpaired) electrons. The zero-order valence-corrected chi connectivity index (χ0v) is 9.93. The minimum absolute atomic E-state index is 0.245. The number of ether oxygens (including phenoxy) is 1. The maximum Gasteiger partial charge on any atom is 0.305 e. The molecular weight excluding hydrogens is 220 g/mol. The van der Waals surface area contributed by atoms with E-state index in [0.29, 0.717) is 19.5 Å². The highest BCUT2D eigenvalue weighted by atomic mass is 16.5. The van der Waals surface area contributed by atoms with Crippen molar-refractivity contribution < 1.29 is 14.6 Å². The van der Waals surface area contributed by atoms with Crippen LogP contribution in [0.15, 0.2) is 24.5 Å². The average molecular weight is 238 g/mol. The lowest BCUT2D eigenvalue weighted by molar-refractivity contribution is -0.141. The summed E-state index contributed by atoms with van der Waals surface area (Å²) in [5.41, 5.74) is 1.11. The Morgan fingerprint density at radius 1 is 1.53 bits per heavy atom. The number of carbonyl (C=O) groups is 1. The molecule has 1 aromatic heterocycles. The number of carbonyl (C=O) groups excluding carboxylic acids is 1. The van der Waals surface area contributed by atoms with E-state index in [1.807, 2.05) is 12.1 Å². The van der Waals surface area contributed by atoms with Crippen LogP contribution in [0.1, 0.15) is 18.4 Å². The SMILES string of the molecule is COC(=O)CCC(O)CNCc1ccncc1. The summed E-state index contributed by atoms with van der Waals surface area (Å²) in [4.78, 5) is 14.8. The van der Waals surface area contributed by atoms with Crippen LogP contribution in [-0.4, -0.2) is 35.8 Å². The Balaban J connectivity index is 2.12. The van der Waals surface area contributed by atoms with Crippen molar-refractivity contribution in [3.63, 3.8) is 0 Å². The average Bonchev–Trinajstić information content (AvgIpc) is 2.37. The fraction of sp³-hybridized carbons (Fsp3) is 0.500. The van der Waals surface area contributed by atoms with Gasteiger partial charge >= 0.3 is 5.97 Å². The lowest BCUT2D eigenvalue weighted by Crippen LogP contribution is -2.27. The molecule has 17 heavy (non-hydrogen) atoms. The van der Waals surface area contributed by atoms with Gasteiger partial charge in [0.15, 0.2) is 0 Å². The maximum atomic E-state index is 10.9. The Kier molecular flexibility index (Phi) is 6.21. The van der Waals surface area contributed by atoms with Crippen molar-refractivity contribution in [3.05, 3.63) is 30.1 Å². The summed E-state index contributed by atoms with van der Waals surface area (Å²) in [5.74, 6) is -0.293. The predicted octanol–water partition coefficient (Wildman–Crippen LogP) is 0.485. The molecule has 1 unspecified atom stereocenters. The van der Waals surface area contributed by atoms with Crippen molar-refractivity contribution in [1.82, 2.24) is 10.3 Å². The number of hydrogen-bond acceptors (Lipinski definition) is 5. The minimum atomic E-state index is -0.532. The number of rotatable bonds is 7. The number of aliphatic hydroxyl groups is 1. The van der Waals surface area contributed by atoms with Crippen molar-refractivity contribution in [1.29, 1.82) is 0 Å². The smallest absolute Gasteiger partial charge is 0.305 e. The van der Waals surface area contributed by atoms with Gasteiger partial charge in [-0.1, -0.05) is 0 Å². The molecule has 1 atom stereocenters. The van der Waals surface area contributed by atoms with Crippen LogP contribution < -0.4 is 5.32 Å². The molecule has 0 spiro atoms. The quantitative estimate of drug-likeness (QED) is 0.676. The van der Waals surface area contributed by atoms with Gasteiger partial charge in [-0.05, 0) is 24.1 Å². The van der Waals surface area contributed by atoms with Crippen LogP contribution in [0.5, 0.6) is 0 Å². The monoisotopic (exact) mass is 238 g/mol. The highest BCUT2D eigenvalue weighted by molar-refractivity contribution is 5.69. The van der Waals surface area contributed by atoms with Crippen LogP contribution in [0.4, 0.5) is 0 Å². The summed E-state index contributed by atoms with van der Waals surface area (Å²) in [7, 11) is 1.34. The van der Waals surface area contributed by atoms with Crippen LogP contribution in [0.2, 0.25) is 0 Å². The number of nitrogens with one attached hydrogen (secondary N) is 1. The first kappa shape index (κ1) is 13.6. The predicted molar refractivity (Wildman–Crippen MR) is 63.2 cm³/mol. The molecule has 0 amide bonds. The third kappa shape index (κ3) is 5.99. The lowest BCUT2D eigenvalue weighted by Gasteiger charge is -2.11. The topological polar surface area (TPSA) is 71.5 Å². The third-order valence-electron chi connectivity index (χ3n) is 2.37. The second kappa shape index (κ2) is 7.76. The molecule has 0 saturated heterocycles. The first-order valence-corrected chi connectivity index (χ1v) is 5.57. The Bertz CT molecular complexity index is 330. The molecule has 1 rings (SSSR count). The molecule has 5 nitrogen and oxygen atoms in total. The standard InChI is InChI=1S/C12H18N2O3/c1-17-12(16)3-2-11(15)9-14-8-10-4-6-13-7-5-10/h4-7,11,14-15H,2-3,8-9H2,1H3. The molecule has 5 heteroatoms. The van der Waals surface area contributed by atoms with Gasteiger partial charge in [-0.25, -0.2) is 0 Å². The van der Waals surface area contributed by atoms with Gasteiger partial charge in [0, 0.05) is 31.9 Å². The number of nitrogens with zero attached hydrogens (tertiary/aromatic N) is 1.